The number of benzene rings is 8. The minimum atomic E-state index is 0.937. The Balaban J connectivity index is 0.939. The smallest absolute Gasteiger partial charge is 0.0715 e. The molecular formula is C59H41N3. The number of pyridine rings is 1. The van der Waals surface area contributed by atoms with Gasteiger partial charge in [-0.2, -0.15) is 0 Å². The van der Waals surface area contributed by atoms with Crippen molar-refractivity contribution >= 4 is 38.8 Å². The van der Waals surface area contributed by atoms with E-state index in [-0.39, 0.29) is 0 Å². The number of fused-ring (bicyclic) bond motifs is 6. The highest BCUT2D eigenvalue weighted by Crippen LogP contribution is 2.38. The molecule has 11 aromatic rings. The number of rotatable bonds is 7. The van der Waals surface area contributed by atoms with Gasteiger partial charge in [0, 0.05) is 44.4 Å². The maximum Gasteiger partial charge on any atom is 0.0715 e. The summed E-state index contributed by atoms with van der Waals surface area (Å²) in [4.78, 5) is 5.42. The van der Waals surface area contributed by atoms with Crippen molar-refractivity contribution in [2.45, 2.75) is 12.8 Å². The van der Waals surface area contributed by atoms with Crippen LogP contribution in [-0.4, -0.2) is 14.1 Å². The van der Waals surface area contributed by atoms with Crippen molar-refractivity contribution in [2.24, 2.45) is 0 Å². The van der Waals surface area contributed by atoms with Gasteiger partial charge >= 0.3 is 0 Å². The average molecular weight is 792 g/mol. The predicted octanol–water partition coefficient (Wildman–Crippen LogP) is 15.4. The standard InChI is InChI=1S/C59H41N3/c1-2-16-40(17-3-1)47-38-54(45-22-12-18-41(34-45)43-20-14-24-48(36-43)61-56-30-8-4-26-50(56)51-27-5-9-31-57(51)61)60-55(39-47)46-23-13-19-42(35-46)44-21-15-25-49(37-44)62-58-32-10-6-28-52(58)53-29-7-11-33-59(53)62/h1-6,8-28,30-39H,7,29H2. The van der Waals surface area contributed by atoms with Crippen LogP contribution >= 0.6 is 0 Å². The molecule has 0 saturated carbocycles. The molecule has 0 atom stereocenters. The third kappa shape index (κ3) is 6.17. The molecule has 3 aromatic heterocycles. The van der Waals surface area contributed by atoms with Crippen molar-refractivity contribution in [1.82, 2.24) is 14.1 Å². The van der Waals surface area contributed by atoms with Gasteiger partial charge < -0.3 is 9.13 Å². The Morgan fingerprint density at radius 3 is 1.39 bits per heavy atom. The van der Waals surface area contributed by atoms with Crippen molar-refractivity contribution in [2.75, 3.05) is 0 Å². The Hall–Kier alpha value is -8.01. The Kier molecular flexibility index (Phi) is 8.64. The third-order valence-corrected chi connectivity index (χ3v) is 12.6. The number of hydrogen-bond donors (Lipinski definition) is 0. The second-order valence-electron chi connectivity index (χ2n) is 16.3. The average Bonchev–Trinajstić information content (AvgIpc) is 3.87. The molecule has 0 spiro atoms. The fourth-order valence-electron chi connectivity index (χ4n) is 9.65. The monoisotopic (exact) mass is 791 g/mol. The molecule has 1 aliphatic carbocycles. The predicted molar refractivity (Wildman–Crippen MR) is 260 cm³/mol. The van der Waals surface area contributed by atoms with Crippen molar-refractivity contribution < 1.29 is 0 Å². The highest BCUT2D eigenvalue weighted by atomic mass is 15.0. The minimum absolute atomic E-state index is 0.937. The maximum absolute atomic E-state index is 5.42. The number of nitrogens with zero attached hydrogens (tertiary/aromatic N) is 3. The Bertz CT molecular complexity index is 3470. The number of hydrogen-bond acceptors (Lipinski definition) is 1. The number of allylic oxidation sites excluding steroid dienone is 1. The summed E-state index contributed by atoms with van der Waals surface area (Å²) in [7, 11) is 0. The molecule has 0 aliphatic heterocycles. The SMILES string of the molecule is C1=Cc2c(c3ccccc3n2-c2cccc(-c3cccc(-c4cc(-c5ccccc5)cc(-c5cccc(-c6cccc(-n7c8ccccc8c8ccccc87)c6)c5)n4)c3)c2)CC1. The van der Waals surface area contributed by atoms with Crippen LogP contribution in [-0.2, 0) is 6.42 Å². The lowest BCUT2D eigenvalue weighted by Crippen LogP contribution is -2.00. The maximum atomic E-state index is 5.42. The number of aryl methyl sites for hydroxylation is 1. The molecular weight excluding hydrogens is 751 g/mol. The molecule has 3 nitrogen and oxygen atoms in total. The minimum Gasteiger partial charge on any atom is -0.310 e. The topological polar surface area (TPSA) is 22.8 Å². The van der Waals surface area contributed by atoms with Gasteiger partial charge in [-0.05, 0) is 125 Å². The van der Waals surface area contributed by atoms with Gasteiger partial charge in [-0.15, -0.1) is 0 Å². The highest BCUT2D eigenvalue weighted by molar-refractivity contribution is 6.09. The van der Waals surface area contributed by atoms with Gasteiger partial charge in [0.2, 0.25) is 0 Å². The summed E-state index contributed by atoms with van der Waals surface area (Å²) >= 11 is 0. The molecule has 8 aromatic carbocycles. The molecule has 0 saturated heterocycles. The third-order valence-electron chi connectivity index (χ3n) is 12.6. The quantitative estimate of drug-likeness (QED) is 0.158. The van der Waals surface area contributed by atoms with Crippen LogP contribution in [0.5, 0.6) is 0 Å². The Labute approximate surface area is 361 Å². The van der Waals surface area contributed by atoms with E-state index in [1.54, 1.807) is 0 Å². The zero-order chi connectivity index (χ0) is 41.0. The zero-order valence-corrected chi connectivity index (χ0v) is 34.1. The largest absolute Gasteiger partial charge is 0.310 e. The Morgan fingerprint density at radius 1 is 0.339 bits per heavy atom. The molecule has 0 radical (unpaired) electrons. The first kappa shape index (κ1) is 35.9. The molecule has 1 aliphatic rings. The summed E-state index contributed by atoms with van der Waals surface area (Å²) in [6, 6.07) is 76.8. The second kappa shape index (κ2) is 14.9. The lowest BCUT2D eigenvalue weighted by Gasteiger charge is -2.14. The summed E-state index contributed by atoms with van der Waals surface area (Å²) in [5, 5.41) is 3.87. The molecule has 3 heterocycles. The molecule has 0 bridgehead atoms. The van der Waals surface area contributed by atoms with E-state index in [4.69, 9.17) is 4.98 Å². The van der Waals surface area contributed by atoms with Crippen molar-refractivity contribution in [3.63, 3.8) is 0 Å². The van der Waals surface area contributed by atoms with Crippen LogP contribution in [0, 0.1) is 0 Å². The van der Waals surface area contributed by atoms with Crippen LogP contribution in [0.25, 0.3) is 106 Å². The summed E-state index contributed by atoms with van der Waals surface area (Å²) in [6.45, 7) is 0. The number of aromatic nitrogens is 3. The van der Waals surface area contributed by atoms with E-state index in [9.17, 15) is 0 Å². The first-order valence-corrected chi connectivity index (χ1v) is 21.5. The molecule has 62 heavy (non-hydrogen) atoms. The van der Waals surface area contributed by atoms with Gasteiger partial charge in [-0.25, -0.2) is 4.98 Å². The van der Waals surface area contributed by atoms with Crippen LogP contribution in [0.4, 0.5) is 0 Å². The van der Waals surface area contributed by atoms with Gasteiger partial charge in [0.25, 0.3) is 0 Å². The lowest BCUT2D eigenvalue weighted by atomic mass is 9.96. The summed E-state index contributed by atoms with van der Waals surface area (Å²) in [6.07, 6.45) is 6.75. The Morgan fingerprint density at radius 2 is 0.790 bits per heavy atom. The summed E-state index contributed by atoms with van der Waals surface area (Å²) in [5.41, 5.74) is 19.7. The van der Waals surface area contributed by atoms with Crippen molar-refractivity contribution in [3.05, 3.63) is 230 Å². The van der Waals surface area contributed by atoms with Crippen LogP contribution in [0.15, 0.2) is 218 Å². The lowest BCUT2D eigenvalue weighted by molar-refractivity contribution is 0.968. The molecule has 0 fully saturated rings. The van der Waals surface area contributed by atoms with Gasteiger partial charge in [-0.3, -0.25) is 0 Å². The molecule has 0 amide bonds. The van der Waals surface area contributed by atoms with Crippen molar-refractivity contribution in [3.8, 4) is 67.3 Å². The first-order chi connectivity index (χ1) is 30.7. The van der Waals surface area contributed by atoms with E-state index in [0.717, 1.165) is 68.9 Å². The van der Waals surface area contributed by atoms with Crippen molar-refractivity contribution in [1.29, 1.82) is 0 Å². The van der Waals surface area contributed by atoms with Gasteiger partial charge in [0.1, 0.15) is 0 Å². The van der Waals surface area contributed by atoms with E-state index in [2.05, 4.69) is 234 Å². The number of para-hydroxylation sites is 3. The zero-order valence-electron chi connectivity index (χ0n) is 34.1. The van der Waals surface area contributed by atoms with E-state index < -0.39 is 0 Å². The van der Waals surface area contributed by atoms with E-state index in [0.29, 0.717) is 0 Å². The summed E-state index contributed by atoms with van der Waals surface area (Å²) < 4.78 is 4.81. The molecule has 12 rings (SSSR count). The van der Waals surface area contributed by atoms with E-state index in [1.807, 2.05) is 0 Å². The fourth-order valence-corrected chi connectivity index (χ4v) is 9.65. The molecule has 3 heteroatoms. The highest BCUT2D eigenvalue weighted by Gasteiger charge is 2.19. The van der Waals surface area contributed by atoms with E-state index in [1.165, 1.54) is 55.2 Å². The fraction of sp³-hybridized carbons (Fsp3) is 0.0339. The first-order valence-electron chi connectivity index (χ1n) is 21.5. The van der Waals surface area contributed by atoms with Gasteiger partial charge in [-0.1, -0.05) is 152 Å². The van der Waals surface area contributed by atoms with Crippen LogP contribution in [0.3, 0.4) is 0 Å². The van der Waals surface area contributed by atoms with Crippen LogP contribution in [0.1, 0.15) is 17.7 Å². The van der Waals surface area contributed by atoms with Crippen LogP contribution < -0.4 is 0 Å². The van der Waals surface area contributed by atoms with Crippen LogP contribution in [0.2, 0.25) is 0 Å². The second-order valence-corrected chi connectivity index (χ2v) is 16.3. The van der Waals surface area contributed by atoms with E-state index >= 15 is 0 Å². The summed E-state index contributed by atoms with van der Waals surface area (Å²) in [5.74, 6) is 0. The van der Waals surface area contributed by atoms with Gasteiger partial charge in [0.05, 0.1) is 27.9 Å². The molecule has 0 unspecified atom stereocenters. The molecule has 292 valence electrons. The van der Waals surface area contributed by atoms with Gasteiger partial charge in [0.15, 0.2) is 0 Å². The molecule has 0 N–H and O–H groups in total. The normalized spacial score (nSPS) is 12.3.